The Morgan fingerprint density at radius 1 is 1.08 bits per heavy atom. The lowest BCUT2D eigenvalue weighted by atomic mass is 9.86. The van der Waals surface area contributed by atoms with Gasteiger partial charge in [0.05, 0.1) is 11.6 Å². The Kier molecular flexibility index (Phi) is 7.40. The Morgan fingerprint density at radius 2 is 1.82 bits per heavy atom. The molecule has 9 heteroatoms. The summed E-state index contributed by atoms with van der Waals surface area (Å²) in [6.45, 7) is 4.44. The van der Waals surface area contributed by atoms with Crippen molar-refractivity contribution in [2.75, 3.05) is 39.2 Å². The maximum absolute atomic E-state index is 12.6. The Labute approximate surface area is 227 Å². The van der Waals surface area contributed by atoms with Crippen molar-refractivity contribution >= 4 is 32.6 Å². The molecule has 1 fully saturated rings. The minimum absolute atomic E-state index is 0.0976. The van der Waals surface area contributed by atoms with Gasteiger partial charge < -0.3 is 14.6 Å². The number of halogens is 2. The molecule has 5 rings (SSSR count). The lowest BCUT2D eigenvalue weighted by Crippen LogP contribution is -2.49. The van der Waals surface area contributed by atoms with Gasteiger partial charge in [-0.2, -0.15) is 0 Å². The molecule has 0 saturated carbocycles. The van der Waals surface area contributed by atoms with E-state index < -0.39 is 15.9 Å². The summed E-state index contributed by atoms with van der Waals surface area (Å²) < 4.78 is 49.6. The van der Waals surface area contributed by atoms with E-state index in [1.807, 2.05) is 31.2 Å². The van der Waals surface area contributed by atoms with Crippen LogP contribution < -0.4 is 9.47 Å². The first kappa shape index (κ1) is 26.5. The first-order valence-corrected chi connectivity index (χ1v) is 14.6. The number of ether oxygens (including phenoxy) is 2. The van der Waals surface area contributed by atoms with Gasteiger partial charge >= 0.3 is 0 Å². The van der Waals surface area contributed by atoms with Gasteiger partial charge in [0.1, 0.15) is 30.0 Å². The minimum Gasteiger partial charge on any atom is -0.508 e. The van der Waals surface area contributed by atoms with Crippen molar-refractivity contribution in [1.82, 2.24) is 4.90 Å². The summed E-state index contributed by atoms with van der Waals surface area (Å²) in [5.41, 5.74) is 3.62. The zero-order chi connectivity index (χ0) is 27.0. The van der Waals surface area contributed by atoms with E-state index >= 15 is 0 Å². The summed E-state index contributed by atoms with van der Waals surface area (Å²) in [7, 11) is -3.47. The van der Waals surface area contributed by atoms with Crippen molar-refractivity contribution in [3.05, 3.63) is 82.4 Å². The van der Waals surface area contributed by atoms with Crippen molar-refractivity contribution in [2.24, 2.45) is 5.92 Å². The summed E-state index contributed by atoms with van der Waals surface area (Å²) in [4.78, 5) is 2.32. The molecule has 0 bridgehead atoms. The monoisotopic (exact) mass is 557 g/mol. The first-order chi connectivity index (χ1) is 18.1. The van der Waals surface area contributed by atoms with E-state index in [2.05, 4.69) is 4.90 Å². The van der Waals surface area contributed by atoms with Crippen LogP contribution in [0.3, 0.4) is 0 Å². The lowest BCUT2D eigenvalue weighted by molar-refractivity contribution is 0.0668. The quantitative estimate of drug-likeness (QED) is 0.378. The Bertz CT molecular complexity index is 1480. The van der Waals surface area contributed by atoms with Gasteiger partial charge in [-0.15, -0.1) is 0 Å². The summed E-state index contributed by atoms with van der Waals surface area (Å²) in [6.07, 6.45) is 0.580. The fourth-order valence-electron chi connectivity index (χ4n) is 4.95. The van der Waals surface area contributed by atoms with E-state index in [1.165, 1.54) is 6.07 Å². The van der Waals surface area contributed by atoms with Crippen LogP contribution in [0.4, 0.5) is 4.39 Å². The van der Waals surface area contributed by atoms with Crippen LogP contribution in [0.25, 0.3) is 11.1 Å². The first-order valence-electron chi connectivity index (χ1n) is 12.4. The van der Waals surface area contributed by atoms with E-state index in [1.54, 1.807) is 30.3 Å². The molecule has 0 amide bonds. The molecule has 2 aliphatic heterocycles. The Hall–Kier alpha value is -3.07. The van der Waals surface area contributed by atoms with Gasteiger partial charge in [-0.3, -0.25) is 9.29 Å². The molecule has 0 aromatic heterocycles. The van der Waals surface area contributed by atoms with Crippen molar-refractivity contribution in [1.29, 1.82) is 0 Å². The number of benzene rings is 3. The van der Waals surface area contributed by atoms with Crippen LogP contribution in [0.2, 0.25) is 5.02 Å². The maximum atomic E-state index is 12.6. The number of nitrogens with zero attached hydrogens (tertiary/aromatic N) is 1. The highest BCUT2D eigenvalue weighted by Gasteiger charge is 2.31. The topological polar surface area (TPSA) is 76.1 Å². The van der Waals surface area contributed by atoms with Gasteiger partial charge in [0.25, 0.3) is 0 Å². The van der Waals surface area contributed by atoms with Gasteiger partial charge in [-0.05, 0) is 66.6 Å². The molecule has 2 heterocycles. The van der Waals surface area contributed by atoms with Crippen LogP contribution in [0, 0.1) is 5.92 Å². The van der Waals surface area contributed by atoms with Crippen LogP contribution in [-0.2, 0) is 9.84 Å². The molecule has 3 aromatic carbocycles. The SMILES string of the molecule is CC1=C(c2cc(S(C)(=O)=O)ccc2Cl)C(c2ccc(OCCN3CC(CF)C3)cc2)Oc2ccc(O)cc21. The van der Waals surface area contributed by atoms with Gasteiger partial charge in [0.15, 0.2) is 9.84 Å². The zero-order valence-electron chi connectivity index (χ0n) is 21.2. The van der Waals surface area contributed by atoms with Crippen LogP contribution in [0.1, 0.15) is 29.7 Å². The molecule has 0 spiro atoms. The normalized spacial score (nSPS) is 18.1. The Morgan fingerprint density at radius 3 is 2.50 bits per heavy atom. The average Bonchev–Trinajstić information content (AvgIpc) is 2.86. The van der Waals surface area contributed by atoms with E-state index in [0.717, 1.165) is 37.0 Å². The molecule has 38 heavy (non-hydrogen) atoms. The number of rotatable bonds is 8. The molecule has 3 aromatic rings. The lowest BCUT2D eigenvalue weighted by Gasteiger charge is -2.37. The number of sulfone groups is 1. The minimum atomic E-state index is -3.47. The number of fused-ring (bicyclic) bond motifs is 1. The number of hydrogen-bond donors (Lipinski definition) is 1. The van der Waals surface area contributed by atoms with E-state index in [0.29, 0.717) is 39.8 Å². The molecule has 1 unspecified atom stereocenters. The standard InChI is InChI=1S/C29H29ClFNO5S/c1-18-24-13-21(33)5-10-27(24)37-29(28(18)25-14-23(38(2,34)35)8-9-26(25)30)20-3-6-22(7-4-20)36-12-11-32-16-19(15-31)17-32/h3-10,13-14,19,29,33H,11-12,15-17H2,1-2H3. The third kappa shape index (κ3) is 5.39. The zero-order valence-corrected chi connectivity index (χ0v) is 22.7. The number of aromatic hydroxyl groups is 1. The number of hydrogen-bond acceptors (Lipinski definition) is 6. The van der Waals surface area contributed by atoms with Gasteiger partial charge in [0.2, 0.25) is 0 Å². The van der Waals surface area contributed by atoms with Gasteiger partial charge in [-0.1, -0.05) is 23.7 Å². The van der Waals surface area contributed by atoms with Crippen molar-refractivity contribution < 1.29 is 27.4 Å². The predicted octanol–water partition coefficient (Wildman–Crippen LogP) is 5.79. The molecule has 1 N–H and O–H groups in total. The molecular formula is C29H29ClFNO5S. The smallest absolute Gasteiger partial charge is 0.175 e. The highest BCUT2D eigenvalue weighted by molar-refractivity contribution is 7.90. The van der Waals surface area contributed by atoms with Gasteiger partial charge in [-0.25, -0.2) is 8.42 Å². The van der Waals surface area contributed by atoms with Crippen molar-refractivity contribution in [2.45, 2.75) is 17.9 Å². The number of phenolic OH excluding ortho intramolecular Hbond substituents is 1. The molecule has 2 aliphatic rings. The molecular weight excluding hydrogens is 529 g/mol. The summed E-state index contributed by atoms with van der Waals surface area (Å²) >= 11 is 6.62. The second-order valence-corrected chi connectivity index (χ2v) is 12.3. The number of alkyl halides is 1. The van der Waals surface area contributed by atoms with E-state index in [4.69, 9.17) is 21.1 Å². The molecule has 1 saturated heterocycles. The Balaban J connectivity index is 1.46. The molecule has 6 nitrogen and oxygen atoms in total. The maximum Gasteiger partial charge on any atom is 0.175 e. The van der Waals surface area contributed by atoms with Crippen LogP contribution >= 0.6 is 11.6 Å². The summed E-state index contributed by atoms with van der Waals surface area (Å²) in [5.74, 6) is 1.55. The number of phenols is 1. The summed E-state index contributed by atoms with van der Waals surface area (Å²) in [6, 6.07) is 17.1. The van der Waals surface area contributed by atoms with Crippen molar-refractivity contribution in [3.63, 3.8) is 0 Å². The van der Waals surface area contributed by atoms with Crippen LogP contribution in [-0.4, -0.2) is 57.6 Å². The second kappa shape index (κ2) is 10.6. The number of allylic oxidation sites excluding steroid dienone is 1. The fraction of sp³-hybridized carbons (Fsp3) is 0.310. The van der Waals surface area contributed by atoms with Crippen LogP contribution in [0.5, 0.6) is 17.2 Å². The second-order valence-electron chi connectivity index (χ2n) is 9.83. The van der Waals surface area contributed by atoms with Crippen molar-refractivity contribution in [3.8, 4) is 17.2 Å². The van der Waals surface area contributed by atoms with E-state index in [9.17, 15) is 17.9 Å². The van der Waals surface area contributed by atoms with E-state index in [-0.39, 0.29) is 23.2 Å². The molecule has 200 valence electrons. The summed E-state index contributed by atoms with van der Waals surface area (Å²) in [5, 5.41) is 10.5. The highest BCUT2D eigenvalue weighted by Crippen LogP contribution is 2.49. The predicted molar refractivity (Wildman–Crippen MR) is 146 cm³/mol. The number of likely N-dealkylation sites (tertiary alicyclic amines) is 1. The largest absolute Gasteiger partial charge is 0.508 e. The third-order valence-electron chi connectivity index (χ3n) is 7.04. The fourth-order valence-corrected chi connectivity index (χ4v) is 5.82. The highest BCUT2D eigenvalue weighted by atomic mass is 35.5. The molecule has 1 atom stereocenters. The third-order valence-corrected chi connectivity index (χ3v) is 8.48. The van der Waals surface area contributed by atoms with Gasteiger partial charge in [0, 0.05) is 53.5 Å². The molecule has 0 radical (unpaired) electrons. The average molecular weight is 558 g/mol. The van der Waals surface area contributed by atoms with Crippen LogP contribution in [0.15, 0.2) is 65.6 Å². The molecule has 0 aliphatic carbocycles.